The zero-order chi connectivity index (χ0) is 39.6. The van der Waals surface area contributed by atoms with E-state index in [0.717, 1.165) is 92.2 Å². The van der Waals surface area contributed by atoms with Crippen molar-refractivity contribution < 1.29 is 4.57 Å². The van der Waals surface area contributed by atoms with Gasteiger partial charge in [0.1, 0.15) is 5.65 Å². The first-order chi connectivity index (χ1) is 29.0. The Morgan fingerprint density at radius 1 is 0.424 bits per heavy atom. The van der Waals surface area contributed by atoms with Gasteiger partial charge in [0.05, 0.1) is 22.1 Å². The van der Waals surface area contributed by atoms with E-state index in [2.05, 4.69) is 138 Å². The van der Waals surface area contributed by atoms with Gasteiger partial charge in [-0.15, -0.1) is 0 Å². The maximum absolute atomic E-state index is 15.6. The molecule has 0 unspecified atom stereocenters. The van der Waals surface area contributed by atoms with Crippen LogP contribution in [0.15, 0.2) is 212 Å². The fourth-order valence-corrected chi connectivity index (χ4v) is 14.9. The Morgan fingerprint density at radius 3 is 1.63 bits per heavy atom. The summed E-state index contributed by atoms with van der Waals surface area (Å²) < 4.78 is 17.9. The van der Waals surface area contributed by atoms with Gasteiger partial charge in [-0.2, -0.15) is 0 Å². The Hall–Kier alpha value is -6.48. The fourth-order valence-electron chi connectivity index (χ4n) is 8.63. The number of rotatable bonds is 7. The molecule has 0 aliphatic rings. The van der Waals surface area contributed by atoms with E-state index in [1.54, 1.807) is 0 Å². The molecule has 59 heavy (non-hydrogen) atoms. The molecule has 0 spiro atoms. The number of fused-ring (bicyclic) bond motifs is 9. The predicted molar refractivity (Wildman–Crippen MR) is 254 cm³/mol. The molecule has 0 amide bonds. The largest absolute Gasteiger partial charge is 0.309 e. The molecular formula is C52H35N3OP2S. The molecule has 0 bridgehead atoms. The zero-order valence-electron chi connectivity index (χ0n) is 31.8. The molecule has 0 radical (unpaired) electrons. The lowest BCUT2D eigenvalue weighted by molar-refractivity contribution is 0.592. The predicted octanol–water partition coefficient (Wildman–Crippen LogP) is 10.4. The fraction of sp³-hybridized carbons (Fsp3) is 0. The smallest absolute Gasteiger partial charge is 0.171 e. The lowest BCUT2D eigenvalue weighted by Crippen LogP contribution is -2.25. The van der Waals surface area contributed by atoms with Crippen LogP contribution < -0.4 is 31.8 Å². The average Bonchev–Trinajstić information content (AvgIpc) is 3.71. The van der Waals surface area contributed by atoms with Crippen LogP contribution in [0.5, 0.6) is 0 Å². The number of aromatic nitrogens is 3. The molecule has 4 nitrogen and oxygen atoms in total. The summed E-state index contributed by atoms with van der Waals surface area (Å²) in [6.45, 7) is 0. The van der Waals surface area contributed by atoms with Gasteiger partial charge in [0.15, 0.2) is 7.14 Å². The molecule has 0 atom stereocenters. The molecule has 8 aromatic carbocycles. The standard InChI is InChI=1S/C52H35N3OP2S/c56-57(39-15-5-1-6-16-39,40-17-7-2-8-18-40)43-28-29-46-45-23-13-14-24-47(45)52-54-48-30-27-37(33-51(48)55(52)50(46)34-43)36-25-26-38-31-44(35-53-49(38)32-36)58(59,41-19-9-3-10-20-41)42-21-11-4-12-22-42/h1-35H. The Balaban J connectivity index is 1.09. The molecule has 0 aliphatic heterocycles. The SMILES string of the molecule is O=P(c1ccccc1)(c1ccccc1)c1ccc2c3ccccc3c3nc4ccc(-c5ccc6cc(P(=S)(c7ccccc7)c7ccccc7)cnc6c5)cc4n3c2c1. The van der Waals surface area contributed by atoms with E-state index in [4.69, 9.17) is 21.8 Å². The van der Waals surface area contributed by atoms with Crippen molar-refractivity contribution in [3.8, 4) is 11.1 Å². The molecule has 0 saturated carbocycles. The minimum Gasteiger partial charge on any atom is -0.309 e. The Labute approximate surface area is 346 Å². The third kappa shape index (κ3) is 5.73. The van der Waals surface area contributed by atoms with Crippen LogP contribution in [0.2, 0.25) is 0 Å². The summed E-state index contributed by atoms with van der Waals surface area (Å²) in [6, 6.07) is 68.3. The minimum absolute atomic E-state index is 0.780. The van der Waals surface area contributed by atoms with Crippen LogP contribution in [0, 0.1) is 0 Å². The molecule has 0 aliphatic carbocycles. The van der Waals surface area contributed by atoms with E-state index in [1.165, 1.54) is 0 Å². The highest BCUT2D eigenvalue weighted by Gasteiger charge is 2.31. The van der Waals surface area contributed by atoms with Crippen molar-refractivity contribution in [2.24, 2.45) is 0 Å². The van der Waals surface area contributed by atoms with E-state index >= 15 is 4.57 Å². The van der Waals surface area contributed by atoms with Crippen LogP contribution in [0.3, 0.4) is 0 Å². The number of benzene rings is 8. The first-order valence-electron chi connectivity index (χ1n) is 19.6. The Morgan fingerprint density at radius 2 is 0.983 bits per heavy atom. The number of pyridine rings is 2. The molecule has 0 fully saturated rings. The third-order valence-electron chi connectivity index (χ3n) is 11.5. The number of hydrogen-bond acceptors (Lipinski definition) is 4. The average molecular weight is 812 g/mol. The summed E-state index contributed by atoms with van der Waals surface area (Å²) in [7, 11) is -3.24. The van der Waals surface area contributed by atoms with E-state index in [9.17, 15) is 0 Å². The summed E-state index contributed by atoms with van der Waals surface area (Å²) in [6.07, 6.45) is 1.99. The lowest BCUT2D eigenvalue weighted by atomic mass is 10.0. The molecule has 11 aromatic rings. The Kier molecular flexibility index (Phi) is 8.53. The van der Waals surface area contributed by atoms with Crippen molar-refractivity contribution in [2.45, 2.75) is 0 Å². The quantitative estimate of drug-likeness (QED) is 0.119. The molecule has 0 N–H and O–H groups in total. The third-order valence-corrected chi connectivity index (χ3v) is 19.5. The monoisotopic (exact) mass is 811 g/mol. The molecule has 11 rings (SSSR count). The zero-order valence-corrected chi connectivity index (χ0v) is 34.4. The number of imidazole rings is 1. The van der Waals surface area contributed by atoms with E-state index in [0.29, 0.717) is 0 Å². The van der Waals surface area contributed by atoms with Gasteiger partial charge in [0.25, 0.3) is 0 Å². The van der Waals surface area contributed by atoms with Crippen molar-refractivity contribution in [3.05, 3.63) is 212 Å². The maximum Gasteiger partial charge on any atom is 0.171 e. The highest BCUT2D eigenvalue weighted by atomic mass is 32.4. The van der Waals surface area contributed by atoms with Crippen LogP contribution in [-0.4, -0.2) is 14.4 Å². The van der Waals surface area contributed by atoms with Gasteiger partial charge in [0.2, 0.25) is 0 Å². The van der Waals surface area contributed by atoms with Crippen molar-refractivity contribution in [1.82, 2.24) is 14.4 Å². The minimum atomic E-state index is -3.24. The maximum atomic E-state index is 15.6. The van der Waals surface area contributed by atoms with E-state index < -0.39 is 13.2 Å². The first-order valence-corrected chi connectivity index (χ1v) is 24.1. The van der Waals surface area contributed by atoms with Gasteiger partial charge in [-0.25, -0.2) is 4.98 Å². The van der Waals surface area contributed by atoms with E-state index in [-0.39, 0.29) is 0 Å². The Bertz CT molecular complexity index is 3410. The van der Waals surface area contributed by atoms with Crippen LogP contribution in [0.4, 0.5) is 0 Å². The van der Waals surface area contributed by atoms with Crippen molar-refractivity contribution in [1.29, 1.82) is 0 Å². The molecule has 0 saturated heterocycles. The van der Waals surface area contributed by atoms with Crippen molar-refractivity contribution in [2.75, 3.05) is 0 Å². The van der Waals surface area contributed by atoms with Crippen LogP contribution in [0.25, 0.3) is 60.4 Å². The summed E-state index contributed by atoms with van der Waals surface area (Å²) in [5.41, 5.74) is 6.73. The first kappa shape index (κ1) is 35.7. The summed E-state index contributed by atoms with van der Waals surface area (Å²) in [5, 5.41) is 10.1. The molecule has 3 heterocycles. The second-order valence-electron chi connectivity index (χ2n) is 14.9. The highest BCUT2D eigenvalue weighted by Crippen LogP contribution is 2.45. The number of hydrogen-bond donors (Lipinski definition) is 0. The molecule has 280 valence electrons. The highest BCUT2D eigenvalue weighted by molar-refractivity contribution is 8.25. The van der Waals surface area contributed by atoms with Gasteiger partial charge >= 0.3 is 0 Å². The van der Waals surface area contributed by atoms with Crippen LogP contribution >= 0.6 is 13.2 Å². The van der Waals surface area contributed by atoms with Crippen LogP contribution in [0.1, 0.15) is 0 Å². The van der Waals surface area contributed by atoms with Crippen LogP contribution in [-0.2, 0) is 16.4 Å². The topological polar surface area (TPSA) is 47.3 Å². The summed E-state index contributed by atoms with van der Waals surface area (Å²) in [5.74, 6) is 0. The molecular weight excluding hydrogens is 777 g/mol. The van der Waals surface area contributed by atoms with Gasteiger partial charge in [0, 0.05) is 49.6 Å². The van der Waals surface area contributed by atoms with Gasteiger partial charge in [-0.05, 0) is 57.5 Å². The molecule has 7 heteroatoms. The van der Waals surface area contributed by atoms with Crippen molar-refractivity contribution >= 4 is 106 Å². The van der Waals surface area contributed by atoms with Gasteiger partial charge in [-0.1, -0.05) is 188 Å². The molecule has 3 aromatic heterocycles. The summed E-state index contributed by atoms with van der Waals surface area (Å²) in [4.78, 5) is 10.3. The summed E-state index contributed by atoms with van der Waals surface area (Å²) >= 11 is 6.63. The van der Waals surface area contributed by atoms with Gasteiger partial charge in [-0.3, -0.25) is 9.38 Å². The van der Waals surface area contributed by atoms with E-state index in [1.807, 2.05) is 79.0 Å². The second-order valence-corrected chi connectivity index (χ2v) is 22.1. The number of nitrogens with zero attached hydrogens (tertiary/aromatic N) is 3. The normalized spacial score (nSPS) is 12.2. The lowest BCUT2D eigenvalue weighted by Gasteiger charge is -2.24. The van der Waals surface area contributed by atoms with Crippen molar-refractivity contribution in [3.63, 3.8) is 0 Å². The van der Waals surface area contributed by atoms with Gasteiger partial charge < -0.3 is 4.57 Å². The second kappa shape index (κ2) is 14.1.